The Bertz CT molecular complexity index is 682. The normalized spacial score (nSPS) is 13.6. The summed E-state index contributed by atoms with van der Waals surface area (Å²) in [4.78, 5) is 8.91. The average Bonchev–Trinajstić information content (AvgIpc) is 2.60. The maximum Gasteiger partial charge on any atom is 0.127 e. The van der Waals surface area contributed by atoms with E-state index in [-0.39, 0.29) is 0 Å². The molecule has 0 radical (unpaired) electrons. The molecule has 126 valence electrons. The second-order valence-corrected chi connectivity index (χ2v) is 6.50. The Morgan fingerprint density at radius 1 is 1.04 bits per heavy atom. The lowest BCUT2D eigenvalue weighted by Crippen LogP contribution is -2.34. The molecule has 0 atom stereocenters. The molecular formula is C20H25N3O. The van der Waals surface area contributed by atoms with Crippen LogP contribution in [-0.2, 0) is 6.54 Å². The lowest BCUT2D eigenvalue weighted by Gasteiger charge is -2.27. The van der Waals surface area contributed by atoms with E-state index in [1.54, 1.807) is 0 Å². The first-order valence-corrected chi connectivity index (χ1v) is 8.38. The van der Waals surface area contributed by atoms with Crippen molar-refractivity contribution < 1.29 is 4.74 Å². The van der Waals surface area contributed by atoms with E-state index in [4.69, 9.17) is 4.74 Å². The lowest BCUT2D eigenvalue weighted by atomic mass is 10.1. The van der Waals surface area contributed by atoms with Crippen LogP contribution in [0.2, 0.25) is 0 Å². The molecule has 1 aromatic heterocycles. The van der Waals surface area contributed by atoms with Crippen molar-refractivity contribution in [3.8, 4) is 5.75 Å². The fourth-order valence-corrected chi connectivity index (χ4v) is 2.85. The summed E-state index contributed by atoms with van der Waals surface area (Å²) in [5.74, 6) is 0.980. The number of nitrogens with zero attached hydrogens (tertiary/aromatic N) is 3. The minimum Gasteiger partial charge on any atom is -0.489 e. The third kappa shape index (κ3) is 4.66. The summed E-state index contributed by atoms with van der Waals surface area (Å²) in [5.41, 5.74) is 3.73. The van der Waals surface area contributed by atoms with Gasteiger partial charge in [-0.15, -0.1) is 0 Å². The Hall–Kier alpha value is -2.17. The van der Waals surface area contributed by atoms with Gasteiger partial charge in [-0.1, -0.05) is 24.3 Å². The van der Waals surface area contributed by atoms with E-state index >= 15 is 0 Å². The molecule has 4 heteroatoms. The van der Waals surface area contributed by atoms with Crippen molar-refractivity contribution >= 4 is 6.08 Å². The summed E-state index contributed by atoms with van der Waals surface area (Å²) >= 11 is 0. The summed E-state index contributed by atoms with van der Waals surface area (Å²) < 4.78 is 5.90. The zero-order chi connectivity index (χ0) is 16.8. The SMILES string of the molecule is CN(C)CCN(CC1=Cc2ccccc2OC1)Cc1cccnc1. The number of aromatic nitrogens is 1. The number of likely N-dealkylation sites (N-methyl/N-ethyl adjacent to an activating group) is 1. The molecule has 0 N–H and O–H groups in total. The van der Waals surface area contributed by atoms with Gasteiger partial charge in [0.15, 0.2) is 0 Å². The van der Waals surface area contributed by atoms with Crippen LogP contribution in [0.5, 0.6) is 5.75 Å². The number of hydrogen-bond acceptors (Lipinski definition) is 4. The van der Waals surface area contributed by atoms with Crippen molar-refractivity contribution in [1.82, 2.24) is 14.8 Å². The van der Waals surface area contributed by atoms with Gasteiger partial charge in [-0.3, -0.25) is 9.88 Å². The van der Waals surface area contributed by atoms with Crippen LogP contribution in [0, 0.1) is 0 Å². The number of para-hydroxylation sites is 1. The molecule has 1 aromatic carbocycles. The molecule has 0 amide bonds. The molecule has 4 nitrogen and oxygen atoms in total. The monoisotopic (exact) mass is 323 g/mol. The molecule has 0 fully saturated rings. The summed E-state index contributed by atoms with van der Waals surface area (Å²) in [7, 11) is 4.23. The molecule has 0 saturated carbocycles. The number of benzene rings is 1. The van der Waals surface area contributed by atoms with Crippen molar-refractivity contribution in [2.75, 3.05) is 40.3 Å². The second kappa shape index (κ2) is 8.08. The maximum absolute atomic E-state index is 5.90. The van der Waals surface area contributed by atoms with Crippen molar-refractivity contribution in [1.29, 1.82) is 0 Å². The van der Waals surface area contributed by atoms with Crippen molar-refractivity contribution in [3.05, 3.63) is 65.5 Å². The van der Waals surface area contributed by atoms with Crippen LogP contribution >= 0.6 is 0 Å². The molecule has 0 spiro atoms. The predicted molar refractivity (Wildman–Crippen MR) is 98.0 cm³/mol. The smallest absolute Gasteiger partial charge is 0.127 e. The fourth-order valence-electron chi connectivity index (χ4n) is 2.85. The fraction of sp³-hybridized carbons (Fsp3) is 0.350. The van der Waals surface area contributed by atoms with E-state index < -0.39 is 0 Å². The van der Waals surface area contributed by atoms with Gasteiger partial charge in [0.05, 0.1) is 0 Å². The highest BCUT2D eigenvalue weighted by Gasteiger charge is 2.14. The van der Waals surface area contributed by atoms with Gasteiger partial charge >= 0.3 is 0 Å². The van der Waals surface area contributed by atoms with Crippen molar-refractivity contribution in [2.24, 2.45) is 0 Å². The van der Waals surface area contributed by atoms with E-state index in [1.807, 2.05) is 30.6 Å². The largest absolute Gasteiger partial charge is 0.489 e. The van der Waals surface area contributed by atoms with Gasteiger partial charge in [-0.2, -0.15) is 0 Å². The van der Waals surface area contributed by atoms with Crippen LogP contribution in [0.4, 0.5) is 0 Å². The minimum atomic E-state index is 0.669. The molecule has 0 aliphatic carbocycles. The first-order valence-electron chi connectivity index (χ1n) is 8.38. The van der Waals surface area contributed by atoms with E-state index in [0.717, 1.165) is 31.9 Å². The highest BCUT2D eigenvalue weighted by Crippen LogP contribution is 2.26. The molecule has 2 aromatic rings. The summed E-state index contributed by atoms with van der Waals surface area (Å²) in [6.45, 7) is 4.53. The van der Waals surface area contributed by atoms with Crippen LogP contribution in [0.25, 0.3) is 6.08 Å². The van der Waals surface area contributed by atoms with Crippen LogP contribution in [0.15, 0.2) is 54.4 Å². The van der Waals surface area contributed by atoms with Gasteiger partial charge in [0, 0.05) is 44.1 Å². The van der Waals surface area contributed by atoms with Crippen LogP contribution in [-0.4, -0.2) is 55.1 Å². The molecule has 0 saturated heterocycles. The zero-order valence-electron chi connectivity index (χ0n) is 14.5. The molecule has 1 aliphatic rings. The Morgan fingerprint density at radius 2 is 1.92 bits per heavy atom. The molecule has 0 unspecified atom stereocenters. The van der Waals surface area contributed by atoms with Crippen LogP contribution < -0.4 is 4.74 Å². The molecule has 0 bridgehead atoms. The van der Waals surface area contributed by atoms with E-state index in [9.17, 15) is 0 Å². The first kappa shape index (κ1) is 16.7. The number of hydrogen-bond donors (Lipinski definition) is 0. The van der Waals surface area contributed by atoms with Crippen LogP contribution in [0.1, 0.15) is 11.1 Å². The summed E-state index contributed by atoms with van der Waals surface area (Å²) in [5, 5.41) is 0. The van der Waals surface area contributed by atoms with Crippen LogP contribution in [0.3, 0.4) is 0 Å². The second-order valence-electron chi connectivity index (χ2n) is 6.50. The Balaban J connectivity index is 1.70. The van der Waals surface area contributed by atoms with Gasteiger partial charge in [0.25, 0.3) is 0 Å². The van der Waals surface area contributed by atoms with Gasteiger partial charge in [-0.25, -0.2) is 0 Å². The Morgan fingerprint density at radius 3 is 2.71 bits per heavy atom. The minimum absolute atomic E-state index is 0.669. The lowest BCUT2D eigenvalue weighted by molar-refractivity contribution is 0.238. The highest BCUT2D eigenvalue weighted by atomic mass is 16.5. The van der Waals surface area contributed by atoms with Crippen molar-refractivity contribution in [3.63, 3.8) is 0 Å². The van der Waals surface area contributed by atoms with Gasteiger partial charge in [0.2, 0.25) is 0 Å². The van der Waals surface area contributed by atoms with E-state index in [0.29, 0.717) is 6.61 Å². The molecule has 2 heterocycles. The summed E-state index contributed by atoms with van der Waals surface area (Å²) in [6.07, 6.45) is 6.04. The zero-order valence-corrected chi connectivity index (χ0v) is 14.5. The molecule has 1 aliphatic heterocycles. The quantitative estimate of drug-likeness (QED) is 0.783. The third-order valence-electron chi connectivity index (χ3n) is 4.11. The Kier molecular flexibility index (Phi) is 5.62. The number of pyridine rings is 1. The van der Waals surface area contributed by atoms with Gasteiger partial charge < -0.3 is 9.64 Å². The maximum atomic E-state index is 5.90. The van der Waals surface area contributed by atoms with E-state index in [1.165, 1.54) is 16.7 Å². The predicted octanol–water partition coefficient (Wildman–Crippen LogP) is 2.92. The molecule has 24 heavy (non-hydrogen) atoms. The van der Waals surface area contributed by atoms with Gasteiger partial charge in [-0.05, 0) is 43.4 Å². The standard InChI is InChI=1S/C20H25N3O/c1-22(2)10-11-23(14-17-6-5-9-21-13-17)15-18-12-19-7-3-4-8-20(19)24-16-18/h3-9,12-13H,10-11,14-16H2,1-2H3. The number of fused-ring (bicyclic) bond motifs is 1. The molecular weight excluding hydrogens is 298 g/mol. The van der Waals surface area contributed by atoms with Gasteiger partial charge in [0.1, 0.15) is 12.4 Å². The number of ether oxygens (including phenoxy) is 1. The Labute approximate surface area is 144 Å². The average molecular weight is 323 g/mol. The molecule has 3 rings (SSSR count). The van der Waals surface area contributed by atoms with E-state index in [2.05, 4.69) is 53.2 Å². The summed E-state index contributed by atoms with van der Waals surface area (Å²) in [6, 6.07) is 12.3. The topological polar surface area (TPSA) is 28.6 Å². The van der Waals surface area contributed by atoms with Crippen molar-refractivity contribution in [2.45, 2.75) is 6.54 Å². The number of rotatable bonds is 7. The third-order valence-corrected chi connectivity index (χ3v) is 4.11. The highest BCUT2D eigenvalue weighted by molar-refractivity contribution is 5.62. The first-order chi connectivity index (χ1) is 11.7.